The minimum atomic E-state index is 0.210. The van der Waals surface area contributed by atoms with Crippen LogP contribution >= 0.6 is 0 Å². The Morgan fingerprint density at radius 3 is 2.56 bits per heavy atom. The molecule has 0 saturated carbocycles. The van der Waals surface area contributed by atoms with E-state index in [2.05, 4.69) is 22.3 Å². The highest BCUT2D eigenvalue weighted by Gasteiger charge is 2.20. The van der Waals surface area contributed by atoms with Gasteiger partial charge in [-0.05, 0) is 36.4 Å². The number of nitrogens with one attached hydrogen (secondary N) is 1. The molecule has 0 aliphatic carbocycles. The number of nitrogens with zero attached hydrogens (tertiary/aromatic N) is 2. The summed E-state index contributed by atoms with van der Waals surface area (Å²) in [7, 11) is 1.67. The summed E-state index contributed by atoms with van der Waals surface area (Å²) < 4.78 is 10.4. The van der Waals surface area contributed by atoms with Gasteiger partial charge in [-0.1, -0.05) is 0 Å². The molecule has 1 fully saturated rings. The fourth-order valence-electron chi connectivity index (χ4n) is 2.99. The zero-order valence-corrected chi connectivity index (χ0v) is 14.6. The van der Waals surface area contributed by atoms with Crippen LogP contribution in [0.4, 0.5) is 5.69 Å². The minimum absolute atomic E-state index is 0.210. The van der Waals surface area contributed by atoms with E-state index in [-0.39, 0.29) is 5.91 Å². The molecule has 0 spiro atoms. The van der Waals surface area contributed by atoms with Crippen molar-refractivity contribution >= 4 is 11.6 Å². The molecule has 1 aromatic carbocycles. The topological polar surface area (TPSA) is 58.0 Å². The second-order valence-electron chi connectivity index (χ2n) is 6.07. The Bertz CT molecular complexity index is 647. The molecule has 1 N–H and O–H groups in total. The van der Waals surface area contributed by atoms with Crippen LogP contribution in [0.3, 0.4) is 0 Å². The Balaban J connectivity index is 1.38. The highest BCUT2D eigenvalue weighted by atomic mass is 16.5. The molecule has 0 unspecified atom stereocenters. The zero-order valence-electron chi connectivity index (χ0n) is 14.6. The van der Waals surface area contributed by atoms with Crippen LogP contribution in [0, 0.1) is 0 Å². The van der Waals surface area contributed by atoms with Crippen molar-refractivity contribution in [1.82, 2.24) is 10.2 Å². The lowest BCUT2D eigenvalue weighted by Gasteiger charge is -2.36. The molecule has 6 nitrogen and oxygen atoms in total. The first-order valence-corrected chi connectivity index (χ1v) is 8.66. The third-order valence-corrected chi connectivity index (χ3v) is 4.46. The van der Waals surface area contributed by atoms with E-state index in [0.29, 0.717) is 19.5 Å². The number of piperazine rings is 1. The fourth-order valence-corrected chi connectivity index (χ4v) is 2.99. The Morgan fingerprint density at radius 2 is 1.92 bits per heavy atom. The van der Waals surface area contributed by atoms with Crippen LogP contribution in [-0.4, -0.2) is 50.6 Å². The maximum Gasteiger partial charge on any atom is 0.223 e. The van der Waals surface area contributed by atoms with Crippen LogP contribution in [0.15, 0.2) is 47.1 Å². The molecule has 0 atom stereocenters. The highest BCUT2D eigenvalue weighted by Crippen LogP contribution is 2.20. The lowest BCUT2D eigenvalue weighted by molar-refractivity contribution is -0.131. The Kier molecular flexibility index (Phi) is 5.95. The van der Waals surface area contributed by atoms with Crippen molar-refractivity contribution < 1.29 is 13.9 Å². The standard InChI is InChI=1S/C19H25N3O3/c1-24-17-6-4-16(5-7-17)21-10-12-22(13-11-21)19(23)8-9-20-15-18-3-2-14-25-18/h2-7,14,20H,8-13,15H2,1H3. The highest BCUT2D eigenvalue weighted by molar-refractivity contribution is 5.76. The normalized spacial score (nSPS) is 14.6. The van der Waals surface area contributed by atoms with Crippen LogP contribution < -0.4 is 15.0 Å². The smallest absolute Gasteiger partial charge is 0.223 e. The summed E-state index contributed by atoms with van der Waals surface area (Å²) in [4.78, 5) is 16.6. The van der Waals surface area contributed by atoms with E-state index in [1.54, 1.807) is 13.4 Å². The van der Waals surface area contributed by atoms with Crippen LogP contribution in [0.25, 0.3) is 0 Å². The van der Waals surface area contributed by atoms with Crippen molar-refractivity contribution in [2.75, 3.05) is 44.7 Å². The number of rotatable bonds is 7. The monoisotopic (exact) mass is 343 g/mol. The quantitative estimate of drug-likeness (QED) is 0.781. The lowest BCUT2D eigenvalue weighted by Crippen LogP contribution is -2.49. The van der Waals surface area contributed by atoms with Crippen molar-refractivity contribution in [1.29, 1.82) is 0 Å². The van der Waals surface area contributed by atoms with Crippen molar-refractivity contribution in [2.45, 2.75) is 13.0 Å². The molecule has 1 saturated heterocycles. The van der Waals surface area contributed by atoms with Crippen LogP contribution in [-0.2, 0) is 11.3 Å². The number of furan rings is 1. The van der Waals surface area contributed by atoms with Gasteiger partial charge in [0.2, 0.25) is 5.91 Å². The van der Waals surface area contributed by atoms with Crippen molar-refractivity contribution in [2.24, 2.45) is 0 Å². The Hall–Kier alpha value is -2.47. The lowest BCUT2D eigenvalue weighted by atomic mass is 10.2. The molecular formula is C19H25N3O3. The molecule has 1 aromatic heterocycles. The molecule has 2 heterocycles. The summed E-state index contributed by atoms with van der Waals surface area (Å²) in [5, 5.41) is 3.24. The van der Waals surface area contributed by atoms with Gasteiger partial charge in [0, 0.05) is 44.8 Å². The second-order valence-corrected chi connectivity index (χ2v) is 6.07. The van der Waals surface area contributed by atoms with Crippen molar-refractivity contribution in [3.8, 4) is 5.75 Å². The van der Waals surface area contributed by atoms with Gasteiger partial charge >= 0.3 is 0 Å². The van der Waals surface area contributed by atoms with E-state index in [1.165, 1.54) is 5.69 Å². The van der Waals surface area contributed by atoms with Gasteiger partial charge in [0.05, 0.1) is 19.9 Å². The van der Waals surface area contributed by atoms with Gasteiger partial charge < -0.3 is 24.3 Å². The first kappa shape index (κ1) is 17.4. The van der Waals surface area contributed by atoms with E-state index in [0.717, 1.165) is 37.7 Å². The summed E-state index contributed by atoms with van der Waals surface area (Å²) in [5.74, 6) is 1.96. The molecule has 0 bridgehead atoms. The molecule has 1 aliphatic heterocycles. The average Bonchev–Trinajstić information content (AvgIpc) is 3.19. The zero-order chi connectivity index (χ0) is 17.5. The molecule has 1 aliphatic rings. The van der Waals surface area contributed by atoms with Crippen LogP contribution in [0.5, 0.6) is 5.75 Å². The van der Waals surface area contributed by atoms with Crippen LogP contribution in [0.2, 0.25) is 0 Å². The fraction of sp³-hybridized carbons (Fsp3) is 0.421. The number of hydrogen-bond acceptors (Lipinski definition) is 5. The van der Waals surface area contributed by atoms with E-state index in [9.17, 15) is 4.79 Å². The number of ether oxygens (including phenoxy) is 1. The molecule has 134 valence electrons. The number of anilines is 1. The predicted octanol–water partition coefficient (Wildman–Crippen LogP) is 2.12. The number of benzene rings is 1. The van der Waals surface area contributed by atoms with E-state index < -0.39 is 0 Å². The number of methoxy groups -OCH3 is 1. The first-order chi connectivity index (χ1) is 12.3. The average molecular weight is 343 g/mol. The van der Waals surface area contributed by atoms with Gasteiger partial charge in [-0.2, -0.15) is 0 Å². The van der Waals surface area contributed by atoms with Crippen molar-refractivity contribution in [3.05, 3.63) is 48.4 Å². The SMILES string of the molecule is COc1ccc(N2CCN(C(=O)CCNCc3ccco3)CC2)cc1. The largest absolute Gasteiger partial charge is 0.497 e. The molecule has 1 amide bonds. The third kappa shape index (κ3) is 4.76. The molecular weight excluding hydrogens is 318 g/mol. The maximum atomic E-state index is 12.3. The summed E-state index contributed by atoms with van der Waals surface area (Å²) in [6, 6.07) is 11.9. The second kappa shape index (κ2) is 8.58. The number of carbonyl (C=O) groups is 1. The van der Waals surface area contributed by atoms with E-state index >= 15 is 0 Å². The van der Waals surface area contributed by atoms with E-state index in [4.69, 9.17) is 9.15 Å². The first-order valence-electron chi connectivity index (χ1n) is 8.66. The number of amides is 1. The molecule has 25 heavy (non-hydrogen) atoms. The van der Waals surface area contributed by atoms with Gasteiger partial charge in [0.25, 0.3) is 0 Å². The number of hydrogen-bond donors (Lipinski definition) is 1. The van der Waals surface area contributed by atoms with Gasteiger partial charge in [0.15, 0.2) is 0 Å². The molecule has 2 aromatic rings. The predicted molar refractivity (Wildman–Crippen MR) is 96.8 cm³/mol. The maximum absolute atomic E-state index is 12.3. The Morgan fingerprint density at radius 1 is 1.16 bits per heavy atom. The summed E-state index contributed by atoms with van der Waals surface area (Å²) in [5.41, 5.74) is 1.17. The van der Waals surface area contributed by atoms with Gasteiger partial charge in [0.1, 0.15) is 11.5 Å². The molecule has 3 rings (SSSR count). The summed E-state index contributed by atoms with van der Waals surface area (Å²) in [6.07, 6.45) is 2.17. The number of carbonyl (C=O) groups excluding carboxylic acids is 1. The summed E-state index contributed by atoms with van der Waals surface area (Å²) >= 11 is 0. The van der Waals surface area contributed by atoms with Gasteiger partial charge in [-0.3, -0.25) is 4.79 Å². The van der Waals surface area contributed by atoms with Crippen molar-refractivity contribution in [3.63, 3.8) is 0 Å². The van der Waals surface area contributed by atoms with Gasteiger partial charge in [-0.15, -0.1) is 0 Å². The molecule has 6 heteroatoms. The minimum Gasteiger partial charge on any atom is -0.497 e. The Labute approximate surface area is 148 Å². The summed E-state index contributed by atoms with van der Waals surface area (Å²) in [6.45, 7) is 4.58. The van der Waals surface area contributed by atoms with Crippen LogP contribution in [0.1, 0.15) is 12.2 Å². The molecule has 0 radical (unpaired) electrons. The van der Waals surface area contributed by atoms with E-state index in [1.807, 2.05) is 29.2 Å². The third-order valence-electron chi connectivity index (χ3n) is 4.46. The van der Waals surface area contributed by atoms with Gasteiger partial charge in [-0.25, -0.2) is 0 Å².